The number of amides is 1. The average molecular weight is 364 g/mol. The molecule has 1 saturated carbocycles. The van der Waals surface area contributed by atoms with Crippen molar-refractivity contribution in [3.8, 4) is 0 Å². The molecule has 1 fully saturated rings. The van der Waals surface area contributed by atoms with E-state index in [1.807, 2.05) is 37.3 Å². The summed E-state index contributed by atoms with van der Waals surface area (Å²) in [6.07, 6.45) is 8.33. The summed E-state index contributed by atoms with van der Waals surface area (Å²) in [5.41, 5.74) is 3.68. The summed E-state index contributed by atoms with van der Waals surface area (Å²) in [5.74, 6) is 0.590. The monoisotopic (exact) mass is 363 g/mol. The Morgan fingerprint density at radius 2 is 1.74 bits per heavy atom. The molecule has 1 aliphatic carbocycles. The van der Waals surface area contributed by atoms with Gasteiger partial charge < -0.3 is 10.1 Å². The summed E-state index contributed by atoms with van der Waals surface area (Å²) in [7, 11) is 0. The van der Waals surface area contributed by atoms with Crippen molar-refractivity contribution in [3.05, 3.63) is 77.4 Å². The third-order valence-corrected chi connectivity index (χ3v) is 5.30. The van der Waals surface area contributed by atoms with E-state index in [-0.39, 0.29) is 5.91 Å². The molecular formula is C24H29NO2. The largest absolute Gasteiger partial charge is 0.376 e. The predicted octanol–water partition coefficient (Wildman–Crippen LogP) is 4.87. The van der Waals surface area contributed by atoms with Crippen LogP contribution in [0.3, 0.4) is 0 Å². The van der Waals surface area contributed by atoms with Crippen molar-refractivity contribution in [3.63, 3.8) is 0 Å². The lowest BCUT2D eigenvalue weighted by Crippen LogP contribution is -2.28. The molecule has 0 unspecified atom stereocenters. The molecule has 1 aliphatic rings. The number of hydrogen-bond acceptors (Lipinski definition) is 2. The second-order valence-electron chi connectivity index (χ2n) is 7.24. The molecule has 27 heavy (non-hydrogen) atoms. The first-order valence-electron chi connectivity index (χ1n) is 9.90. The van der Waals surface area contributed by atoms with Crippen LogP contribution < -0.4 is 5.32 Å². The van der Waals surface area contributed by atoms with E-state index in [9.17, 15) is 4.79 Å². The first-order chi connectivity index (χ1) is 13.2. The minimum atomic E-state index is -0.0744. The molecule has 3 nitrogen and oxygen atoms in total. The summed E-state index contributed by atoms with van der Waals surface area (Å²) >= 11 is 0. The van der Waals surface area contributed by atoms with E-state index in [4.69, 9.17) is 4.74 Å². The van der Waals surface area contributed by atoms with E-state index in [2.05, 4.69) is 35.6 Å². The maximum atomic E-state index is 11.9. The van der Waals surface area contributed by atoms with Gasteiger partial charge in [-0.1, -0.05) is 54.6 Å². The number of carbonyl (C=O) groups excluding carboxylic acids is 1. The number of carbonyl (C=O) groups is 1. The molecule has 0 spiro atoms. The number of hydrogen-bond donors (Lipinski definition) is 1. The normalized spacial score (nSPS) is 19.9. The van der Waals surface area contributed by atoms with Crippen LogP contribution in [-0.2, 0) is 9.53 Å². The third-order valence-electron chi connectivity index (χ3n) is 5.30. The van der Waals surface area contributed by atoms with Crippen LogP contribution in [0, 0.1) is 6.92 Å². The van der Waals surface area contributed by atoms with Crippen LogP contribution in [-0.4, -0.2) is 25.2 Å². The highest BCUT2D eigenvalue weighted by molar-refractivity contribution is 5.91. The van der Waals surface area contributed by atoms with Gasteiger partial charge in [-0.15, -0.1) is 0 Å². The zero-order valence-corrected chi connectivity index (χ0v) is 16.1. The Labute approximate surface area is 162 Å². The smallest absolute Gasteiger partial charge is 0.244 e. The zero-order valence-electron chi connectivity index (χ0n) is 16.1. The van der Waals surface area contributed by atoms with Gasteiger partial charge >= 0.3 is 0 Å². The number of nitrogens with one attached hydrogen (secondary N) is 1. The Balaban J connectivity index is 1.32. The number of rotatable bonds is 7. The lowest BCUT2D eigenvalue weighted by Gasteiger charge is -2.28. The fraction of sp³-hybridized carbons (Fsp3) is 0.375. The molecule has 3 heteroatoms. The summed E-state index contributed by atoms with van der Waals surface area (Å²) in [4.78, 5) is 11.9. The van der Waals surface area contributed by atoms with Crippen LogP contribution in [0.2, 0.25) is 0 Å². The van der Waals surface area contributed by atoms with Gasteiger partial charge in [0.2, 0.25) is 5.91 Å². The van der Waals surface area contributed by atoms with E-state index in [1.165, 1.54) is 18.4 Å². The molecular weight excluding hydrogens is 334 g/mol. The molecule has 0 heterocycles. The van der Waals surface area contributed by atoms with Gasteiger partial charge in [0.05, 0.1) is 12.7 Å². The molecule has 0 saturated heterocycles. The van der Waals surface area contributed by atoms with Crippen LogP contribution >= 0.6 is 0 Å². The summed E-state index contributed by atoms with van der Waals surface area (Å²) in [6.45, 7) is 3.16. The zero-order chi connectivity index (χ0) is 18.9. The molecule has 3 rings (SSSR count). The van der Waals surface area contributed by atoms with Crippen LogP contribution in [0.4, 0.5) is 0 Å². The molecule has 0 atom stereocenters. The fourth-order valence-electron chi connectivity index (χ4n) is 3.69. The van der Waals surface area contributed by atoms with E-state index < -0.39 is 0 Å². The van der Waals surface area contributed by atoms with Gasteiger partial charge in [-0.05, 0) is 61.3 Å². The lowest BCUT2D eigenvalue weighted by atomic mass is 9.83. The van der Waals surface area contributed by atoms with Gasteiger partial charge in [-0.3, -0.25) is 4.79 Å². The van der Waals surface area contributed by atoms with Crippen LogP contribution in [0.1, 0.15) is 48.3 Å². The Hall–Kier alpha value is -2.39. The Kier molecular flexibility index (Phi) is 7.23. The van der Waals surface area contributed by atoms with Crippen LogP contribution in [0.25, 0.3) is 6.08 Å². The average Bonchev–Trinajstić information content (AvgIpc) is 2.72. The molecule has 142 valence electrons. The van der Waals surface area contributed by atoms with E-state index in [0.717, 1.165) is 24.0 Å². The maximum absolute atomic E-state index is 11.9. The second kappa shape index (κ2) is 10.1. The topological polar surface area (TPSA) is 38.3 Å². The quantitative estimate of drug-likeness (QED) is 0.563. The van der Waals surface area contributed by atoms with E-state index in [1.54, 1.807) is 6.08 Å². The Morgan fingerprint density at radius 1 is 1.04 bits per heavy atom. The van der Waals surface area contributed by atoms with Gasteiger partial charge in [0.25, 0.3) is 0 Å². The van der Waals surface area contributed by atoms with E-state index in [0.29, 0.717) is 25.2 Å². The van der Waals surface area contributed by atoms with Crippen LogP contribution in [0.15, 0.2) is 60.7 Å². The summed E-state index contributed by atoms with van der Waals surface area (Å²) in [6, 6.07) is 18.8. The van der Waals surface area contributed by atoms with Gasteiger partial charge in [-0.25, -0.2) is 0 Å². The van der Waals surface area contributed by atoms with E-state index >= 15 is 0 Å². The highest BCUT2D eigenvalue weighted by atomic mass is 16.5. The predicted molar refractivity (Wildman–Crippen MR) is 111 cm³/mol. The highest BCUT2D eigenvalue weighted by Gasteiger charge is 2.22. The summed E-state index contributed by atoms with van der Waals surface area (Å²) < 4.78 is 5.96. The molecule has 1 N–H and O–H groups in total. The number of aryl methyl sites for hydroxylation is 1. The van der Waals surface area contributed by atoms with Crippen molar-refractivity contribution in [2.75, 3.05) is 13.2 Å². The van der Waals surface area contributed by atoms with Crippen LogP contribution in [0.5, 0.6) is 0 Å². The fourth-order valence-corrected chi connectivity index (χ4v) is 3.69. The molecule has 0 radical (unpaired) electrons. The first kappa shape index (κ1) is 19.4. The Bertz CT molecular complexity index is 746. The standard InChI is InChI=1S/C24H29NO2/c1-19-7-5-6-8-20(19)13-16-24(26)25-17-18-27-23-14-11-22(12-15-23)21-9-3-2-4-10-21/h2-10,13,16,22-23H,11-12,14-15,17-18H2,1H3,(H,25,26)/b16-13-. The van der Waals surface area contributed by atoms with Gasteiger partial charge in [0.15, 0.2) is 0 Å². The lowest BCUT2D eigenvalue weighted by molar-refractivity contribution is -0.116. The molecule has 2 aromatic carbocycles. The minimum absolute atomic E-state index is 0.0744. The molecule has 0 bridgehead atoms. The minimum Gasteiger partial charge on any atom is -0.376 e. The molecule has 0 aromatic heterocycles. The van der Waals surface area contributed by atoms with Crippen molar-refractivity contribution in [1.82, 2.24) is 5.32 Å². The second-order valence-corrected chi connectivity index (χ2v) is 7.24. The Morgan fingerprint density at radius 3 is 2.48 bits per heavy atom. The third kappa shape index (κ3) is 6.07. The van der Waals surface area contributed by atoms with Crippen molar-refractivity contribution >= 4 is 12.0 Å². The van der Waals surface area contributed by atoms with Gasteiger partial charge in [0.1, 0.15) is 0 Å². The molecule has 2 aromatic rings. The first-order valence-corrected chi connectivity index (χ1v) is 9.90. The van der Waals surface area contributed by atoms with Gasteiger partial charge in [0, 0.05) is 12.6 Å². The molecule has 1 amide bonds. The SMILES string of the molecule is Cc1ccccc1/C=C\C(=O)NCCOC1CCC(c2ccccc2)CC1. The van der Waals surface area contributed by atoms with Crippen molar-refractivity contribution in [2.24, 2.45) is 0 Å². The van der Waals surface area contributed by atoms with Crippen molar-refractivity contribution < 1.29 is 9.53 Å². The maximum Gasteiger partial charge on any atom is 0.244 e. The van der Waals surface area contributed by atoms with Crippen molar-refractivity contribution in [2.45, 2.75) is 44.6 Å². The summed E-state index contributed by atoms with van der Waals surface area (Å²) in [5, 5.41) is 2.90. The van der Waals surface area contributed by atoms with Crippen molar-refractivity contribution in [1.29, 1.82) is 0 Å². The molecule has 0 aliphatic heterocycles. The van der Waals surface area contributed by atoms with Gasteiger partial charge in [-0.2, -0.15) is 0 Å². The number of benzene rings is 2. The highest BCUT2D eigenvalue weighted by Crippen LogP contribution is 2.33. The number of ether oxygens (including phenoxy) is 1.